The first kappa shape index (κ1) is 11.9. The number of alkyl halides is 3. The third-order valence-electron chi connectivity index (χ3n) is 2.67. The number of hydrogen-bond donors (Lipinski definition) is 1. The number of carbonyl (C=O) groups is 1. The number of hydrogen-bond acceptors (Lipinski definition) is 2. The monoisotopic (exact) mass is 244 g/mol. The summed E-state index contributed by atoms with van der Waals surface area (Å²) >= 11 is 0. The van der Waals surface area contributed by atoms with Gasteiger partial charge in [0.05, 0.1) is 5.56 Å². The van der Waals surface area contributed by atoms with E-state index in [1.54, 1.807) is 6.07 Å². The van der Waals surface area contributed by atoms with Gasteiger partial charge in [0.1, 0.15) is 6.04 Å². The highest BCUT2D eigenvalue weighted by Gasteiger charge is 2.34. The Morgan fingerprint density at radius 1 is 1.41 bits per heavy atom. The van der Waals surface area contributed by atoms with Crippen LogP contribution in [0.15, 0.2) is 24.3 Å². The molecular weight excluding hydrogens is 233 g/mol. The number of nitrogens with zero attached hydrogens (tertiary/aromatic N) is 1. The van der Waals surface area contributed by atoms with E-state index in [1.807, 2.05) is 0 Å². The van der Waals surface area contributed by atoms with Crippen molar-refractivity contribution in [2.75, 3.05) is 6.54 Å². The van der Waals surface area contributed by atoms with Gasteiger partial charge in [0.2, 0.25) is 5.91 Å². The lowest BCUT2D eigenvalue weighted by atomic mass is 10.1. The van der Waals surface area contributed by atoms with Gasteiger partial charge in [-0.1, -0.05) is 12.1 Å². The van der Waals surface area contributed by atoms with E-state index >= 15 is 0 Å². The average molecular weight is 244 g/mol. The maximum absolute atomic E-state index is 12.4. The fourth-order valence-corrected chi connectivity index (χ4v) is 1.74. The molecule has 6 heteroatoms. The molecule has 1 aliphatic heterocycles. The first-order valence-electron chi connectivity index (χ1n) is 5.08. The van der Waals surface area contributed by atoms with Gasteiger partial charge >= 0.3 is 6.18 Å². The highest BCUT2D eigenvalue weighted by Crippen LogP contribution is 2.30. The molecule has 17 heavy (non-hydrogen) atoms. The summed E-state index contributed by atoms with van der Waals surface area (Å²) in [7, 11) is 0. The van der Waals surface area contributed by atoms with Crippen LogP contribution < -0.4 is 5.73 Å². The summed E-state index contributed by atoms with van der Waals surface area (Å²) in [5.74, 6) is -0.220. The second-order valence-electron chi connectivity index (χ2n) is 4.02. The Morgan fingerprint density at radius 2 is 2.12 bits per heavy atom. The first-order valence-corrected chi connectivity index (χ1v) is 5.08. The van der Waals surface area contributed by atoms with Crippen molar-refractivity contribution in [3.05, 3.63) is 35.4 Å². The zero-order chi connectivity index (χ0) is 12.6. The van der Waals surface area contributed by atoms with Gasteiger partial charge in [-0.2, -0.15) is 13.2 Å². The van der Waals surface area contributed by atoms with Gasteiger partial charge in [-0.25, -0.2) is 0 Å². The molecule has 1 saturated heterocycles. The Morgan fingerprint density at radius 3 is 2.65 bits per heavy atom. The molecular formula is C11H11F3N2O. The Labute approximate surface area is 96.0 Å². The van der Waals surface area contributed by atoms with Crippen molar-refractivity contribution in [3.8, 4) is 0 Å². The Balaban J connectivity index is 2.10. The van der Waals surface area contributed by atoms with Gasteiger partial charge in [0.15, 0.2) is 0 Å². The molecule has 0 aromatic heterocycles. The Kier molecular flexibility index (Phi) is 2.82. The van der Waals surface area contributed by atoms with Crippen LogP contribution in [-0.4, -0.2) is 23.4 Å². The van der Waals surface area contributed by atoms with Crippen LogP contribution in [0.25, 0.3) is 0 Å². The van der Waals surface area contributed by atoms with Crippen LogP contribution in [0.4, 0.5) is 13.2 Å². The van der Waals surface area contributed by atoms with Gasteiger partial charge < -0.3 is 10.6 Å². The van der Waals surface area contributed by atoms with Gasteiger partial charge in [-0.15, -0.1) is 0 Å². The second kappa shape index (κ2) is 4.03. The van der Waals surface area contributed by atoms with Crippen molar-refractivity contribution >= 4 is 5.91 Å². The van der Waals surface area contributed by atoms with Crippen LogP contribution in [-0.2, 0) is 17.5 Å². The summed E-state index contributed by atoms with van der Waals surface area (Å²) in [6, 6.07) is 4.46. The molecule has 1 unspecified atom stereocenters. The SMILES string of the molecule is NC1CN(Cc2cccc(C(F)(F)F)c2)C1=O. The largest absolute Gasteiger partial charge is 0.416 e. The van der Waals surface area contributed by atoms with Crippen molar-refractivity contribution in [1.82, 2.24) is 4.90 Å². The molecule has 0 spiro atoms. The molecule has 1 aromatic carbocycles. The quantitative estimate of drug-likeness (QED) is 0.799. The minimum absolute atomic E-state index is 0.177. The molecule has 0 aliphatic carbocycles. The van der Waals surface area contributed by atoms with E-state index in [4.69, 9.17) is 5.73 Å². The molecule has 92 valence electrons. The summed E-state index contributed by atoms with van der Waals surface area (Å²) in [6.45, 7) is 0.575. The van der Waals surface area contributed by atoms with Gasteiger partial charge in [0, 0.05) is 13.1 Å². The van der Waals surface area contributed by atoms with Crippen LogP contribution in [0.3, 0.4) is 0 Å². The van der Waals surface area contributed by atoms with Crippen LogP contribution in [0.2, 0.25) is 0 Å². The van der Waals surface area contributed by atoms with E-state index in [1.165, 1.54) is 11.0 Å². The lowest BCUT2D eigenvalue weighted by molar-refractivity contribution is -0.143. The lowest BCUT2D eigenvalue weighted by Gasteiger charge is -2.36. The van der Waals surface area contributed by atoms with Crippen molar-refractivity contribution in [2.45, 2.75) is 18.8 Å². The van der Waals surface area contributed by atoms with Crippen LogP contribution in [0.5, 0.6) is 0 Å². The molecule has 2 rings (SSSR count). The Bertz CT molecular complexity index is 445. The summed E-state index contributed by atoms with van der Waals surface area (Å²) in [5.41, 5.74) is 5.15. The van der Waals surface area contributed by atoms with Gasteiger partial charge in [-0.3, -0.25) is 4.79 Å². The third kappa shape index (κ3) is 2.41. The summed E-state index contributed by atoms with van der Waals surface area (Å²) in [4.78, 5) is 12.7. The maximum atomic E-state index is 12.4. The predicted molar refractivity (Wildman–Crippen MR) is 54.8 cm³/mol. The van der Waals surface area contributed by atoms with Crippen LogP contribution in [0.1, 0.15) is 11.1 Å². The molecule has 1 atom stereocenters. The smallest absolute Gasteiger partial charge is 0.335 e. The van der Waals surface area contributed by atoms with E-state index in [-0.39, 0.29) is 12.5 Å². The molecule has 2 N–H and O–H groups in total. The minimum atomic E-state index is -4.36. The topological polar surface area (TPSA) is 46.3 Å². The summed E-state index contributed by atoms with van der Waals surface area (Å²) in [5, 5.41) is 0. The van der Waals surface area contributed by atoms with Crippen molar-refractivity contribution in [2.24, 2.45) is 5.73 Å². The number of rotatable bonds is 2. The molecule has 0 radical (unpaired) electrons. The average Bonchev–Trinajstić information content (AvgIpc) is 2.27. The molecule has 1 aromatic rings. The van der Waals surface area contributed by atoms with E-state index in [9.17, 15) is 18.0 Å². The first-order chi connectivity index (χ1) is 7.88. The van der Waals surface area contributed by atoms with E-state index < -0.39 is 17.8 Å². The molecule has 1 fully saturated rings. The van der Waals surface area contributed by atoms with Crippen LogP contribution >= 0.6 is 0 Å². The number of likely N-dealkylation sites (tertiary alicyclic amines) is 1. The number of carbonyl (C=O) groups excluding carboxylic acids is 1. The van der Waals surface area contributed by atoms with Gasteiger partial charge in [-0.05, 0) is 17.7 Å². The number of β-lactam (4-membered cyclic amide) rings is 1. The summed E-state index contributed by atoms with van der Waals surface area (Å²) in [6.07, 6.45) is -4.36. The fourth-order valence-electron chi connectivity index (χ4n) is 1.74. The second-order valence-corrected chi connectivity index (χ2v) is 4.02. The number of halogens is 3. The molecule has 1 amide bonds. The van der Waals surface area contributed by atoms with E-state index in [2.05, 4.69) is 0 Å². The number of amides is 1. The highest BCUT2D eigenvalue weighted by atomic mass is 19.4. The predicted octanol–water partition coefficient (Wildman–Crippen LogP) is 1.37. The van der Waals surface area contributed by atoms with Crippen LogP contribution in [0, 0.1) is 0 Å². The standard InChI is InChI=1S/C11H11F3N2O/c12-11(13,14)8-3-1-2-7(4-8)5-16-6-9(15)10(16)17/h1-4,9H,5-6,15H2. The molecule has 1 heterocycles. The van der Waals surface area contributed by atoms with E-state index in [0.717, 1.165) is 12.1 Å². The zero-order valence-electron chi connectivity index (χ0n) is 8.87. The minimum Gasteiger partial charge on any atom is -0.335 e. The van der Waals surface area contributed by atoms with Crippen molar-refractivity contribution in [3.63, 3.8) is 0 Å². The third-order valence-corrected chi connectivity index (χ3v) is 2.67. The maximum Gasteiger partial charge on any atom is 0.416 e. The normalized spacial score (nSPS) is 20.4. The highest BCUT2D eigenvalue weighted by molar-refractivity contribution is 5.87. The Hall–Kier alpha value is -1.56. The fraction of sp³-hybridized carbons (Fsp3) is 0.364. The zero-order valence-corrected chi connectivity index (χ0v) is 8.87. The number of nitrogens with two attached hydrogens (primary N) is 1. The summed E-state index contributed by atoms with van der Waals surface area (Å²) < 4.78 is 37.3. The van der Waals surface area contributed by atoms with Crippen molar-refractivity contribution in [1.29, 1.82) is 0 Å². The van der Waals surface area contributed by atoms with Gasteiger partial charge in [0.25, 0.3) is 0 Å². The molecule has 0 bridgehead atoms. The van der Waals surface area contributed by atoms with Crippen molar-refractivity contribution < 1.29 is 18.0 Å². The lowest BCUT2D eigenvalue weighted by Crippen LogP contribution is -2.60. The molecule has 3 nitrogen and oxygen atoms in total. The number of benzene rings is 1. The molecule has 0 saturated carbocycles. The molecule has 1 aliphatic rings. The van der Waals surface area contributed by atoms with E-state index in [0.29, 0.717) is 12.1 Å².